The zero-order valence-electron chi connectivity index (χ0n) is 10.4. The summed E-state index contributed by atoms with van der Waals surface area (Å²) in [7, 11) is 0. The summed E-state index contributed by atoms with van der Waals surface area (Å²) in [5.41, 5.74) is 2.10. The van der Waals surface area contributed by atoms with Crippen LogP contribution in [0, 0.1) is 5.92 Å². The molecule has 18 heavy (non-hydrogen) atoms. The number of fused-ring (bicyclic) bond motifs is 3. The Bertz CT molecular complexity index is 491. The van der Waals surface area contributed by atoms with Crippen LogP contribution in [0.4, 0.5) is 0 Å². The average molecular weight is 242 g/mol. The third kappa shape index (κ3) is 1.43. The van der Waals surface area contributed by atoms with Crippen molar-refractivity contribution in [1.82, 2.24) is 10.2 Å². The van der Waals surface area contributed by atoms with Crippen LogP contribution < -0.4 is 5.32 Å². The van der Waals surface area contributed by atoms with Crippen LogP contribution in [-0.4, -0.2) is 36.0 Å². The third-order valence-electron chi connectivity index (χ3n) is 4.95. The second-order valence-electron chi connectivity index (χ2n) is 5.80. The smallest absolute Gasteiger partial charge is 0.251 e. The van der Waals surface area contributed by atoms with E-state index in [1.54, 1.807) is 0 Å². The molecule has 5 rings (SSSR count). The van der Waals surface area contributed by atoms with Gasteiger partial charge in [-0.3, -0.25) is 9.69 Å². The van der Waals surface area contributed by atoms with Gasteiger partial charge in [0.15, 0.2) is 0 Å². The number of nitrogens with zero attached hydrogens (tertiary/aromatic N) is 1. The summed E-state index contributed by atoms with van der Waals surface area (Å²) in [6.07, 6.45) is 3.52. The molecule has 2 atom stereocenters. The molecule has 3 saturated heterocycles. The van der Waals surface area contributed by atoms with Gasteiger partial charge in [-0.1, -0.05) is 18.2 Å². The van der Waals surface area contributed by atoms with E-state index in [1.807, 2.05) is 18.2 Å². The lowest BCUT2D eigenvalue weighted by molar-refractivity contribution is 0.0158. The summed E-state index contributed by atoms with van der Waals surface area (Å²) in [6.45, 7) is 2.42. The van der Waals surface area contributed by atoms with Gasteiger partial charge in [0.2, 0.25) is 0 Å². The van der Waals surface area contributed by atoms with Gasteiger partial charge in [0.1, 0.15) is 0 Å². The molecule has 94 valence electrons. The van der Waals surface area contributed by atoms with E-state index in [-0.39, 0.29) is 5.91 Å². The fraction of sp³-hybridized carbons (Fsp3) is 0.533. The van der Waals surface area contributed by atoms with Crippen molar-refractivity contribution in [2.24, 2.45) is 5.92 Å². The van der Waals surface area contributed by atoms with Crippen molar-refractivity contribution < 1.29 is 4.79 Å². The molecule has 2 unspecified atom stereocenters. The summed E-state index contributed by atoms with van der Waals surface area (Å²) in [6, 6.07) is 8.96. The molecule has 3 fully saturated rings. The lowest BCUT2D eigenvalue weighted by Crippen LogP contribution is -2.63. The van der Waals surface area contributed by atoms with Crippen LogP contribution in [0.5, 0.6) is 0 Å². The Kier molecular flexibility index (Phi) is 2.24. The molecule has 0 saturated carbocycles. The highest BCUT2D eigenvalue weighted by atomic mass is 16.1. The van der Waals surface area contributed by atoms with E-state index in [0.29, 0.717) is 18.0 Å². The fourth-order valence-electron chi connectivity index (χ4n) is 4.00. The van der Waals surface area contributed by atoms with E-state index in [4.69, 9.17) is 0 Å². The lowest BCUT2D eigenvalue weighted by atomic mass is 9.77. The van der Waals surface area contributed by atoms with Crippen molar-refractivity contribution in [2.75, 3.05) is 13.1 Å². The fourth-order valence-corrected chi connectivity index (χ4v) is 4.00. The molecule has 1 N–H and O–H groups in total. The standard InChI is InChI=1S/C15H18N2O/c18-15-12-4-2-1-3-11(12)9-13-14(16-15)10-5-7-17(13)8-6-10/h1-4,10,13-14H,5-9H2,(H,16,18). The minimum Gasteiger partial charge on any atom is -0.347 e. The van der Waals surface area contributed by atoms with Gasteiger partial charge < -0.3 is 5.32 Å². The number of benzene rings is 1. The first-order chi connectivity index (χ1) is 8.83. The van der Waals surface area contributed by atoms with Crippen LogP contribution in [0.15, 0.2) is 24.3 Å². The van der Waals surface area contributed by atoms with Crippen molar-refractivity contribution in [3.05, 3.63) is 35.4 Å². The largest absolute Gasteiger partial charge is 0.347 e. The van der Waals surface area contributed by atoms with Crippen molar-refractivity contribution >= 4 is 5.91 Å². The molecule has 4 aliphatic heterocycles. The van der Waals surface area contributed by atoms with Gasteiger partial charge in [-0.05, 0) is 49.9 Å². The van der Waals surface area contributed by atoms with Crippen LogP contribution >= 0.6 is 0 Å². The summed E-state index contributed by atoms with van der Waals surface area (Å²) in [5, 5.41) is 3.29. The number of rotatable bonds is 0. The molecule has 4 aliphatic rings. The molecular formula is C15H18N2O. The number of hydrogen-bond donors (Lipinski definition) is 1. The zero-order chi connectivity index (χ0) is 12.1. The Morgan fingerprint density at radius 2 is 1.94 bits per heavy atom. The van der Waals surface area contributed by atoms with Gasteiger partial charge in [0, 0.05) is 17.6 Å². The van der Waals surface area contributed by atoms with Crippen LogP contribution in [0.1, 0.15) is 28.8 Å². The molecule has 1 aromatic carbocycles. The van der Waals surface area contributed by atoms with Gasteiger partial charge in [0.05, 0.1) is 0 Å². The minimum absolute atomic E-state index is 0.131. The molecule has 0 spiro atoms. The summed E-state index contributed by atoms with van der Waals surface area (Å²) >= 11 is 0. The maximum absolute atomic E-state index is 12.3. The number of amides is 1. The lowest BCUT2D eigenvalue weighted by Gasteiger charge is -2.50. The molecule has 0 aliphatic carbocycles. The van der Waals surface area contributed by atoms with E-state index in [0.717, 1.165) is 12.0 Å². The first kappa shape index (κ1) is 10.6. The molecule has 0 aromatic heterocycles. The first-order valence-electron chi connectivity index (χ1n) is 6.96. The van der Waals surface area contributed by atoms with E-state index in [2.05, 4.69) is 16.3 Å². The van der Waals surface area contributed by atoms with Crippen LogP contribution in [-0.2, 0) is 6.42 Å². The van der Waals surface area contributed by atoms with E-state index < -0.39 is 0 Å². The maximum atomic E-state index is 12.3. The molecule has 2 bridgehead atoms. The molecule has 0 radical (unpaired) electrons. The highest BCUT2D eigenvalue weighted by Gasteiger charge is 2.44. The van der Waals surface area contributed by atoms with Crippen LogP contribution in [0.25, 0.3) is 0 Å². The van der Waals surface area contributed by atoms with Gasteiger partial charge in [-0.15, -0.1) is 0 Å². The van der Waals surface area contributed by atoms with Crippen molar-refractivity contribution in [3.63, 3.8) is 0 Å². The summed E-state index contributed by atoms with van der Waals surface area (Å²) < 4.78 is 0. The topological polar surface area (TPSA) is 32.3 Å². The van der Waals surface area contributed by atoms with Crippen molar-refractivity contribution in [2.45, 2.75) is 31.3 Å². The first-order valence-corrected chi connectivity index (χ1v) is 6.96. The second kappa shape index (κ2) is 3.82. The van der Waals surface area contributed by atoms with E-state index >= 15 is 0 Å². The quantitative estimate of drug-likeness (QED) is 0.746. The minimum atomic E-state index is 0.131. The highest BCUT2D eigenvalue weighted by Crippen LogP contribution is 2.35. The number of carbonyl (C=O) groups is 1. The molecular weight excluding hydrogens is 224 g/mol. The van der Waals surface area contributed by atoms with Gasteiger partial charge in [-0.25, -0.2) is 0 Å². The van der Waals surface area contributed by atoms with Crippen LogP contribution in [0.3, 0.4) is 0 Å². The Hall–Kier alpha value is -1.35. The predicted octanol–water partition coefficient (Wildman–Crippen LogP) is 1.44. The Morgan fingerprint density at radius 1 is 1.17 bits per heavy atom. The van der Waals surface area contributed by atoms with E-state index in [9.17, 15) is 4.79 Å². The number of carbonyl (C=O) groups excluding carboxylic acids is 1. The van der Waals surface area contributed by atoms with Crippen molar-refractivity contribution in [1.29, 1.82) is 0 Å². The molecule has 1 amide bonds. The SMILES string of the molecule is O=C1NC2C3CCN(CC3)C2Cc2ccccc21. The summed E-state index contributed by atoms with van der Waals surface area (Å²) in [5.74, 6) is 0.824. The molecule has 4 heterocycles. The highest BCUT2D eigenvalue weighted by molar-refractivity contribution is 5.96. The van der Waals surface area contributed by atoms with Gasteiger partial charge in [0.25, 0.3) is 5.91 Å². The van der Waals surface area contributed by atoms with E-state index in [1.165, 1.54) is 31.5 Å². The predicted molar refractivity (Wildman–Crippen MR) is 69.5 cm³/mol. The monoisotopic (exact) mass is 242 g/mol. The van der Waals surface area contributed by atoms with Crippen LogP contribution in [0.2, 0.25) is 0 Å². The normalized spacial score (nSPS) is 37.4. The summed E-state index contributed by atoms with van der Waals surface area (Å²) in [4.78, 5) is 14.9. The number of nitrogens with one attached hydrogen (secondary N) is 1. The zero-order valence-corrected chi connectivity index (χ0v) is 10.4. The Morgan fingerprint density at radius 3 is 2.78 bits per heavy atom. The third-order valence-corrected chi connectivity index (χ3v) is 4.95. The Labute approximate surface area is 107 Å². The second-order valence-corrected chi connectivity index (χ2v) is 5.80. The number of hydrogen-bond acceptors (Lipinski definition) is 2. The molecule has 3 heteroatoms. The average Bonchev–Trinajstić information content (AvgIpc) is 2.58. The van der Waals surface area contributed by atoms with Gasteiger partial charge in [-0.2, -0.15) is 0 Å². The molecule has 3 nitrogen and oxygen atoms in total. The molecule has 1 aromatic rings. The van der Waals surface area contributed by atoms with Crippen molar-refractivity contribution in [3.8, 4) is 0 Å². The Balaban J connectivity index is 1.76. The van der Waals surface area contributed by atoms with Gasteiger partial charge >= 0.3 is 0 Å². The maximum Gasteiger partial charge on any atom is 0.251 e. The number of piperidine rings is 3.